The van der Waals surface area contributed by atoms with E-state index in [2.05, 4.69) is 42.0 Å². The first-order valence-electron chi connectivity index (χ1n) is 4.35. The lowest BCUT2D eigenvalue weighted by Gasteiger charge is -1.92. The van der Waals surface area contributed by atoms with E-state index in [1.165, 1.54) is 11.0 Å². The number of rotatable bonds is 0. The minimum absolute atomic E-state index is 0.869. The molecule has 0 aliphatic carbocycles. The van der Waals surface area contributed by atoms with E-state index < -0.39 is 0 Å². The zero-order valence-electron chi connectivity index (χ0n) is 7.61. The van der Waals surface area contributed by atoms with Gasteiger partial charge in [-0.3, -0.25) is 4.40 Å². The van der Waals surface area contributed by atoms with E-state index >= 15 is 0 Å². The molecule has 0 bridgehead atoms. The summed E-state index contributed by atoms with van der Waals surface area (Å²) in [5.41, 5.74) is 2.38. The molecule has 0 N–H and O–H groups in total. The summed E-state index contributed by atoms with van der Waals surface area (Å²) in [6.07, 6.45) is 1.98. The van der Waals surface area contributed by atoms with Gasteiger partial charge in [-0.25, -0.2) is 4.98 Å². The summed E-state index contributed by atoms with van der Waals surface area (Å²) in [6, 6.07) is 8.26. The van der Waals surface area contributed by atoms with Gasteiger partial charge in [-0.2, -0.15) is 0 Å². The van der Waals surface area contributed by atoms with E-state index in [-0.39, 0.29) is 0 Å². The van der Waals surface area contributed by atoms with Gasteiger partial charge in [0.05, 0.1) is 11.0 Å². The second-order valence-corrected chi connectivity index (χ2v) is 4.09. The minimum Gasteiger partial charge on any atom is -0.313 e. The molecule has 1 aromatic carbocycles. The van der Waals surface area contributed by atoms with Crippen molar-refractivity contribution in [3.05, 3.63) is 35.1 Å². The van der Waals surface area contributed by atoms with Crippen LogP contribution in [-0.4, -0.2) is 14.0 Å². The predicted molar refractivity (Wildman–Crippen MR) is 59.4 cm³/mol. The van der Waals surface area contributed by atoms with Gasteiger partial charge in [0.2, 0.25) is 5.78 Å². The van der Waals surface area contributed by atoms with E-state index in [1.54, 1.807) is 0 Å². The zero-order valence-corrected chi connectivity index (χ0v) is 9.19. The van der Waals surface area contributed by atoms with E-state index in [4.69, 9.17) is 0 Å². The molecule has 0 atom stereocenters. The molecule has 4 heteroatoms. The molecule has 2 aromatic heterocycles. The number of para-hydroxylation sites is 2. The van der Waals surface area contributed by atoms with Crippen LogP contribution in [0.2, 0.25) is 0 Å². The van der Waals surface area contributed by atoms with Crippen LogP contribution >= 0.6 is 15.9 Å². The fourth-order valence-electron chi connectivity index (χ4n) is 1.82. The van der Waals surface area contributed by atoms with Gasteiger partial charge in [-0.05, 0) is 28.1 Å². The van der Waals surface area contributed by atoms with E-state index in [0.717, 1.165) is 10.4 Å². The Bertz CT molecular complexity index is 621. The molecule has 0 saturated carbocycles. The van der Waals surface area contributed by atoms with Crippen LogP contribution in [0.25, 0.3) is 16.8 Å². The molecule has 0 spiro atoms. The number of nitrogens with zero attached hydrogens (tertiary/aromatic N) is 3. The van der Waals surface area contributed by atoms with Gasteiger partial charge >= 0.3 is 0 Å². The second kappa shape index (κ2) is 2.60. The van der Waals surface area contributed by atoms with Crippen molar-refractivity contribution in [1.29, 1.82) is 0 Å². The summed E-state index contributed by atoms with van der Waals surface area (Å²) in [4.78, 5) is 4.39. The lowest BCUT2D eigenvalue weighted by molar-refractivity contribution is 0.969. The molecular weight excluding hydrogens is 242 g/mol. The molecule has 0 amide bonds. The van der Waals surface area contributed by atoms with Crippen molar-refractivity contribution >= 4 is 32.7 Å². The molecular formula is C10H8BrN3. The lowest BCUT2D eigenvalue weighted by atomic mass is 10.3. The largest absolute Gasteiger partial charge is 0.313 e. The average Bonchev–Trinajstić information content (AvgIpc) is 2.68. The number of imidazole rings is 2. The smallest absolute Gasteiger partial charge is 0.215 e. The first-order chi connectivity index (χ1) is 6.77. The van der Waals surface area contributed by atoms with Crippen molar-refractivity contribution in [1.82, 2.24) is 14.0 Å². The Kier molecular flexibility index (Phi) is 1.50. The quantitative estimate of drug-likeness (QED) is 0.601. The highest BCUT2D eigenvalue weighted by Gasteiger charge is 2.08. The third kappa shape index (κ3) is 0.889. The van der Waals surface area contributed by atoms with Crippen LogP contribution < -0.4 is 0 Å². The van der Waals surface area contributed by atoms with Gasteiger partial charge in [0.15, 0.2) is 0 Å². The van der Waals surface area contributed by atoms with Crippen LogP contribution in [-0.2, 0) is 7.05 Å². The normalized spacial score (nSPS) is 11.6. The van der Waals surface area contributed by atoms with E-state index in [0.29, 0.717) is 0 Å². The Morgan fingerprint density at radius 2 is 1.93 bits per heavy atom. The number of aromatic nitrogens is 3. The van der Waals surface area contributed by atoms with Crippen LogP contribution in [0.3, 0.4) is 0 Å². The number of hydrogen-bond donors (Lipinski definition) is 0. The van der Waals surface area contributed by atoms with Gasteiger partial charge in [0.25, 0.3) is 0 Å². The molecule has 0 unspecified atom stereocenters. The fourth-order valence-corrected chi connectivity index (χ4v) is 2.18. The Labute approximate surface area is 89.1 Å². The molecule has 14 heavy (non-hydrogen) atoms. The zero-order chi connectivity index (χ0) is 9.71. The molecule has 0 fully saturated rings. The third-order valence-electron chi connectivity index (χ3n) is 2.46. The van der Waals surface area contributed by atoms with Crippen molar-refractivity contribution in [2.45, 2.75) is 0 Å². The molecule has 0 aliphatic heterocycles. The third-order valence-corrected chi connectivity index (χ3v) is 2.84. The molecule has 3 aromatic rings. The maximum absolute atomic E-state index is 4.39. The molecule has 3 rings (SSSR count). The Morgan fingerprint density at radius 3 is 2.71 bits per heavy atom. The summed E-state index contributed by atoms with van der Waals surface area (Å²) >= 11 is 3.38. The summed E-state index contributed by atoms with van der Waals surface area (Å²) < 4.78 is 5.04. The summed E-state index contributed by atoms with van der Waals surface area (Å²) in [5, 5.41) is 0. The van der Waals surface area contributed by atoms with Gasteiger partial charge in [0.1, 0.15) is 4.60 Å². The lowest BCUT2D eigenvalue weighted by Crippen LogP contribution is -1.87. The maximum Gasteiger partial charge on any atom is 0.215 e. The van der Waals surface area contributed by atoms with E-state index in [9.17, 15) is 0 Å². The number of halogens is 1. The average molecular weight is 250 g/mol. The number of hydrogen-bond acceptors (Lipinski definition) is 1. The molecule has 0 saturated heterocycles. The summed E-state index contributed by atoms with van der Waals surface area (Å²) in [6.45, 7) is 0. The first kappa shape index (κ1) is 8.05. The van der Waals surface area contributed by atoms with Gasteiger partial charge in [-0.15, -0.1) is 0 Å². The van der Waals surface area contributed by atoms with Crippen LogP contribution in [0, 0.1) is 0 Å². The Morgan fingerprint density at radius 1 is 1.21 bits per heavy atom. The van der Waals surface area contributed by atoms with Crippen molar-refractivity contribution in [2.75, 3.05) is 0 Å². The minimum atomic E-state index is 0.869. The summed E-state index contributed by atoms with van der Waals surface area (Å²) in [5.74, 6) is 0.957. The van der Waals surface area contributed by atoms with Crippen molar-refractivity contribution in [3.63, 3.8) is 0 Å². The van der Waals surface area contributed by atoms with Gasteiger partial charge in [0, 0.05) is 13.2 Å². The van der Waals surface area contributed by atoms with Crippen LogP contribution in [0.4, 0.5) is 0 Å². The maximum atomic E-state index is 4.39. The van der Waals surface area contributed by atoms with Crippen molar-refractivity contribution in [3.8, 4) is 0 Å². The fraction of sp³-hybridized carbons (Fsp3) is 0.100. The Hall–Kier alpha value is -1.29. The molecule has 3 nitrogen and oxygen atoms in total. The second-order valence-electron chi connectivity index (χ2n) is 3.28. The summed E-state index contributed by atoms with van der Waals surface area (Å²) in [7, 11) is 2.02. The topological polar surface area (TPSA) is 22.2 Å². The highest BCUT2D eigenvalue weighted by atomic mass is 79.9. The highest BCUT2D eigenvalue weighted by molar-refractivity contribution is 9.10. The number of fused-ring (bicyclic) bond motifs is 3. The predicted octanol–water partition coefficient (Wildman–Crippen LogP) is 2.59. The highest BCUT2D eigenvalue weighted by Crippen LogP contribution is 2.21. The molecule has 0 aliphatic rings. The first-order valence-corrected chi connectivity index (χ1v) is 5.15. The number of benzene rings is 1. The molecule has 70 valence electrons. The molecule has 2 heterocycles. The van der Waals surface area contributed by atoms with Crippen molar-refractivity contribution in [2.24, 2.45) is 7.05 Å². The standard InChI is InChI=1S/C10H8BrN3/c1-13-7-4-2-3-5-8(7)14-6-9(11)12-10(13)14/h2-6H,1H3. The van der Waals surface area contributed by atoms with E-state index in [1.807, 2.05) is 25.4 Å². The van der Waals surface area contributed by atoms with Crippen LogP contribution in [0.5, 0.6) is 0 Å². The van der Waals surface area contributed by atoms with Gasteiger partial charge in [-0.1, -0.05) is 12.1 Å². The van der Waals surface area contributed by atoms with Crippen molar-refractivity contribution < 1.29 is 0 Å². The monoisotopic (exact) mass is 249 g/mol. The number of aryl methyl sites for hydroxylation is 1. The Balaban J connectivity index is 2.65. The van der Waals surface area contributed by atoms with Gasteiger partial charge < -0.3 is 4.57 Å². The molecule has 0 radical (unpaired) electrons. The SMILES string of the molecule is Cn1c2ccccc2n2cc(Br)nc12. The van der Waals surface area contributed by atoms with Crippen LogP contribution in [0.1, 0.15) is 0 Å². The van der Waals surface area contributed by atoms with Crippen LogP contribution in [0.15, 0.2) is 35.1 Å².